The van der Waals surface area contributed by atoms with E-state index >= 15 is 0 Å². The summed E-state index contributed by atoms with van der Waals surface area (Å²) in [6.07, 6.45) is -0.804. The fourth-order valence-electron chi connectivity index (χ4n) is 1.05. The van der Waals surface area contributed by atoms with Crippen molar-refractivity contribution in [1.82, 2.24) is 0 Å². The Morgan fingerprint density at radius 3 is 2.27 bits per heavy atom. The Bertz CT molecular complexity index is 316. The summed E-state index contributed by atoms with van der Waals surface area (Å²) < 4.78 is 31.1. The molecular weight excluding hydrogens is 206 g/mol. The SMILES string of the molecule is CC(O)COc1c(F)cc(CO)cc1F. The Hall–Kier alpha value is -1.20. The first-order valence-electron chi connectivity index (χ1n) is 4.44. The van der Waals surface area contributed by atoms with E-state index in [1.54, 1.807) is 0 Å². The first-order valence-corrected chi connectivity index (χ1v) is 4.44. The van der Waals surface area contributed by atoms with E-state index in [0.717, 1.165) is 12.1 Å². The van der Waals surface area contributed by atoms with Gasteiger partial charge in [-0.3, -0.25) is 0 Å². The third-order valence-electron chi connectivity index (χ3n) is 1.71. The van der Waals surface area contributed by atoms with Gasteiger partial charge in [-0.05, 0) is 24.6 Å². The number of ether oxygens (including phenoxy) is 1. The van der Waals surface area contributed by atoms with Gasteiger partial charge < -0.3 is 14.9 Å². The molecule has 0 aliphatic carbocycles. The van der Waals surface area contributed by atoms with Crippen molar-refractivity contribution in [3.05, 3.63) is 29.3 Å². The summed E-state index contributed by atoms with van der Waals surface area (Å²) in [4.78, 5) is 0. The van der Waals surface area contributed by atoms with Crippen molar-refractivity contribution < 1.29 is 23.7 Å². The molecule has 1 rings (SSSR count). The van der Waals surface area contributed by atoms with Gasteiger partial charge in [0, 0.05) is 0 Å². The second-order valence-corrected chi connectivity index (χ2v) is 3.21. The molecule has 0 aliphatic rings. The Balaban J connectivity index is 2.88. The summed E-state index contributed by atoms with van der Waals surface area (Å²) in [5, 5.41) is 17.6. The molecule has 0 heterocycles. The van der Waals surface area contributed by atoms with E-state index < -0.39 is 30.1 Å². The molecule has 3 nitrogen and oxygen atoms in total. The fourth-order valence-corrected chi connectivity index (χ4v) is 1.05. The molecule has 84 valence electrons. The smallest absolute Gasteiger partial charge is 0.190 e. The summed E-state index contributed by atoms with van der Waals surface area (Å²) >= 11 is 0. The van der Waals surface area contributed by atoms with E-state index in [-0.39, 0.29) is 12.2 Å². The minimum atomic E-state index is -0.889. The second kappa shape index (κ2) is 5.04. The van der Waals surface area contributed by atoms with Crippen molar-refractivity contribution in [2.75, 3.05) is 6.61 Å². The summed E-state index contributed by atoms with van der Waals surface area (Å²) in [5.74, 6) is -2.31. The van der Waals surface area contributed by atoms with Crippen LogP contribution in [0.2, 0.25) is 0 Å². The van der Waals surface area contributed by atoms with Crippen LogP contribution in [0.25, 0.3) is 0 Å². The van der Waals surface area contributed by atoms with Crippen molar-refractivity contribution in [3.8, 4) is 5.75 Å². The lowest BCUT2D eigenvalue weighted by Gasteiger charge is -2.10. The van der Waals surface area contributed by atoms with Crippen molar-refractivity contribution in [2.45, 2.75) is 19.6 Å². The van der Waals surface area contributed by atoms with Gasteiger partial charge in [-0.2, -0.15) is 0 Å². The maximum absolute atomic E-state index is 13.2. The van der Waals surface area contributed by atoms with Gasteiger partial charge in [0.25, 0.3) is 0 Å². The first-order chi connectivity index (χ1) is 7.04. The maximum Gasteiger partial charge on any atom is 0.190 e. The number of hydrogen-bond donors (Lipinski definition) is 2. The number of benzene rings is 1. The Morgan fingerprint density at radius 1 is 1.33 bits per heavy atom. The lowest BCUT2D eigenvalue weighted by Crippen LogP contribution is -2.14. The standard InChI is InChI=1S/C10H12F2O3/c1-6(14)5-15-10-8(11)2-7(4-13)3-9(10)12/h2-3,6,13-14H,4-5H2,1H3. The summed E-state index contributed by atoms with van der Waals surface area (Å²) in [6.45, 7) is 0.814. The molecule has 0 fully saturated rings. The third-order valence-corrected chi connectivity index (χ3v) is 1.71. The van der Waals surface area contributed by atoms with Crippen molar-refractivity contribution in [3.63, 3.8) is 0 Å². The highest BCUT2D eigenvalue weighted by Gasteiger charge is 2.13. The lowest BCUT2D eigenvalue weighted by atomic mass is 10.2. The molecule has 0 amide bonds. The van der Waals surface area contributed by atoms with Crippen LogP contribution in [0.15, 0.2) is 12.1 Å². The molecule has 0 aliphatic heterocycles. The van der Waals surface area contributed by atoms with E-state index in [4.69, 9.17) is 14.9 Å². The molecule has 0 saturated carbocycles. The molecule has 15 heavy (non-hydrogen) atoms. The molecule has 1 atom stereocenters. The quantitative estimate of drug-likeness (QED) is 0.798. The van der Waals surface area contributed by atoms with Gasteiger partial charge in [0.1, 0.15) is 6.61 Å². The molecule has 0 aromatic heterocycles. The van der Waals surface area contributed by atoms with Crippen molar-refractivity contribution >= 4 is 0 Å². The third kappa shape index (κ3) is 3.14. The molecule has 1 aromatic carbocycles. The zero-order valence-corrected chi connectivity index (χ0v) is 8.20. The number of halogens is 2. The molecule has 0 spiro atoms. The maximum atomic E-state index is 13.2. The van der Waals surface area contributed by atoms with Crippen LogP contribution in [-0.4, -0.2) is 22.9 Å². The largest absolute Gasteiger partial charge is 0.485 e. The average Bonchev–Trinajstić information content (AvgIpc) is 2.15. The first kappa shape index (κ1) is 11.9. The highest BCUT2D eigenvalue weighted by atomic mass is 19.1. The normalized spacial score (nSPS) is 12.6. The predicted molar refractivity (Wildman–Crippen MR) is 49.5 cm³/mol. The number of hydrogen-bond acceptors (Lipinski definition) is 3. The second-order valence-electron chi connectivity index (χ2n) is 3.21. The van der Waals surface area contributed by atoms with Crippen LogP contribution >= 0.6 is 0 Å². The molecule has 0 radical (unpaired) electrons. The van der Waals surface area contributed by atoms with E-state index in [9.17, 15) is 8.78 Å². The topological polar surface area (TPSA) is 49.7 Å². The van der Waals surface area contributed by atoms with Crippen LogP contribution in [0, 0.1) is 11.6 Å². The Labute approximate surface area is 85.9 Å². The number of rotatable bonds is 4. The van der Waals surface area contributed by atoms with Crippen LogP contribution < -0.4 is 4.74 Å². The highest BCUT2D eigenvalue weighted by molar-refractivity contribution is 5.31. The molecule has 0 saturated heterocycles. The average molecular weight is 218 g/mol. The van der Waals surface area contributed by atoms with Crippen LogP contribution in [0.1, 0.15) is 12.5 Å². The number of aliphatic hydroxyl groups is 2. The zero-order valence-electron chi connectivity index (χ0n) is 8.20. The monoisotopic (exact) mass is 218 g/mol. The molecule has 2 N–H and O–H groups in total. The zero-order chi connectivity index (χ0) is 11.4. The molecular formula is C10H12F2O3. The van der Waals surface area contributed by atoms with Crippen molar-refractivity contribution in [1.29, 1.82) is 0 Å². The molecule has 5 heteroatoms. The molecule has 1 aromatic rings. The van der Waals surface area contributed by atoms with Crippen molar-refractivity contribution in [2.24, 2.45) is 0 Å². The van der Waals surface area contributed by atoms with Crippen LogP contribution in [0.3, 0.4) is 0 Å². The fraction of sp³-hybridized carbons (Fsp3) is 0.400. The summed E-state index contributed by atoms with van der Waals surface area (Å²) in [7, 11) is 0. The summed E-state index contributed by atoms with van der Waals surface area (Å²) in [5.41, 5.74) is 0.134. The van der Waals surface area contributed by atoms with Gasteiger partial charge >= 0.3 is 0 Å². The highest BCUT2D eigenvalue weighted by Crippen LogP contribution is 2.23. The van der Waals surface area contributed by atoms with Gasteiger partial charge in [-0.15, -0.1) is 0 Å². The Kier molecular flexibility index (Phi) is 3.99. The van der Waals surface area contributed by atoms with Gasteiger partial charge in [-0.1, -0.05) is 0 Å². The van der Waals surface area contributed by atoms with E-state index in [2.05, 4.69) is 0 Å². The van der Waals surface area contributed by atoms with Gasteiger partial charge in [0.05, 0.1) is 12.7 Å². The van der Waals surface area contributed by atoms with Crippen LogP contribution in [-0.2, 0) is 6.61 Å². The predicted octanol–water partition coefficient (Wildman–Crippen LogP) is 1.22. The van der Waals surface area contributed by atoms with Gasteiger partial charge in [0.15, 0.2) is 17.4 Å². The van der Waals surface area contributed by atoms with Gasteiger partial charge in [0.2, 0.25) is 0 Å². The number of aliphatic hydroxyl groups excluding tert-OH is 2. The van der Waals surface area contributed by atoms with E-state index in [1.165, 1.54) is 6.92 Å². The van der Waals surface area contributed by atoms with Crippen LogP contribution in [0.4, 0.5) is 8.78 Å². The van der Waals surface area contributed by atoms with Crippen LogP contribution in [0.5, 0.6) is 5.75 Å². The summed E-state index contributed by atoms with van der Waals surface area (Å²) in [6, 6.07) is 1.97. The minimum Gasteiger partial charge on any atom is -0.485 e. The molecule has 0 bridgehead atoms. The van der Waals surface area contributed by atoms with E-state index in [1.807, 2.05) is 0 Å². The molecule has 1 unspecified atom stereocenters. The Morgan fingerprint density at radius 2 is 1.87 bits per heavy atom. The minimum absolute atomic E-state index is 0.134. The van der Waals surface area contributed by atoms with E-state index in [0.29, 0.717) is 0 Å². The lowest BCUT2D eigenvalue weighted by molar-refractivity contribution is 0.117. The van der Waals surface area contributed by atoms with Gasteiger partial charge in [-0.25, -0.2) is 8.78 Å².